The fourth-order valence-corrected chi connectivity index (χ4v) is 4.48. The topological polar surface area (TPSA) is 95.7 Å². The van der Waals surface area contributed by atoms with Crippen molar-refractivity contribution in [2.75, 3.05) is 13.2 Å². The molecule has 2 N–H and O–H groups in total. The number of carbonyl (C=O) groups excluding carboxylic acids is 1. The monoisotopic (exact) mass is 396 g/mol. The summed E-state index contributed by atoms with van der Waals surface area (Å²) >= 11 is 0. The van der Waals surface area contributed by atoms with Crippen LogP contribution in [0, 0.1) is 5.82 Å². The molecule has 4 heterocycles. The van der Waals surface area contributed by atoms with Crippen molar-refractivity contribution < 1.29 is 14.3 Å². The van der Waals surface area contributed by atoms with E-state index in [0.29, 0.717) is 17.6 Å². The summed E-state index contributed by atoms with van der Waals surface area (Å²) in [5.74, 6) is -0.661. The van der Waals surface area contributed by atoms with E-state index in [0.717, 1.165) is 24.9 Å². The third kappa shape index (κ3) is 3.06. The molecule has 150 valence electrons. The van der Waals surface area contributed by atoms with Crippen LogP contribution >= 0.6 is 0 Å². The van der Waals surface area contributed by atoms with Crippen molar-refractivity contribution in [2.24, 2.45) is 0 Å². The van der Waals surface area contributed by atoms with E-state index in [1.807, 2.05) is 0 Å². The lowest BCUT2D eigenvalue weighted by Crippen LogP contribution is -2.46. The predicted octanol–water partition coefficient (Wildman–Crippen LogP) is 1.33. The third-order valence-corrected chi connectivity index (χ3v) is 6.01. The highest BCUT2D eigenvalue weighted by Gasteiger charge is 2.59. The largest absolute Gasteiger partial charge is 0.394 e. The number of carbonyl (C=O) groups is 1. The van der Waals surface area contributed by atoms with Crippen LogP contribution in [-0.4, -0.2) is 60.2 Å². The van der Waals surface area contributed by atoms with E-state index in [-0.39, 0.29) is 30.4 Å². The van der Waals surface area contributed by atoms with Gasteiger partial charge in [-0.2, -0.15) is 5.10 Å². The number of likely N-dealkylation sites (tertiary alicyclic amines) is 1. The van der Waals surface area contributed by atoms with Crippen LogP contribution in [0.15, 0.2) is 43.1 Å². The van der Waals surface area contributed by atoms with Crippen molar-refractivity contribution in [3.05, 3.63) is 60.1 Å². The Morgan fingerprint density at radius 1 is 1.38 bits per heavy atom. The van der Waals surface area contributed by atoms with Gasteiger partial charge < -0.3 is 10.4 Å². The van der Waals surface area contributed by atoms with Gasteiger partial charge in [0.15, 0.2) is 5.65 Å². The second-order valence-electron chi connectivity index (χ2n) is 7.77. The Labute approximate surface area is 166 Å². The molecular weight excluding hydrogens is 375 g/mol. The highest BCUT2D eigenvalue weighted by atomic mass is 19.1. The van der Waals surface area contributed by atoms with E-state index < -0.39 is 5.54 Å². The molecule has 2 fully saturated rings. The van der Waals surface area contributed by atoms with E-state index in [1.165, 1.54) is 18.5 Å². The summed E-state index contributed by atoms with van der Waals surface area (Å²) in [6.07, 6.45) is 10.2. The molecule has 3 atom stereocenters. The zero-order valence-corrected chi connectivity index (χ0v) is 15.7. The van der Waals surface area contributed by atoms with E-state index in [9.17, 15) is 14.3 Å². The molecule has 1 aliphatic heterocycles. The number of fused-ring (bicyclic) bond motifs is 1. The van der Waals surface area contributed by atoms with Gasteiger partial charge in [-0.1, -0.05) is 0 Å². The Morgan fingerprint density at radius 2 is 2.28 bits per heavy atom. The number of aliphatic hydroxyl groups is 1. The minimum Gasteiger partial charge on any atom is -0.394 e. The second-order valence-corrected chi connectivity index (χ2v) is 7.77. The van der Waals surface area contributed by atoms with Gasteiger partial charge in [-0.05, 0) is 43.5 Å². The summed E-state index contributed by atoms with van der Waals surface area (Å²) in [7, 11) is 0. The summed E-state index contributed by atoms with van der Waals surface area (Å²) in [4.78, 5) is 23.3. The van der Waals surface area contributed by atoms with Crippen molar-refractivity contribution in [3.63, 3.8) is 0 Å². The van der Waals surface area contributed by atoms with E-state index in [4.69, 9.17) is 0 Å². The fourth-order valence-electron chi connectivity index (χ4n) is 4.48. The SMILES string of the molecule is O=C(N[C@]1(CO)C[C@H]1N1CCC[C@@H]1c1cncc(F)c1)c1cnn2cccnc12. The predicted molar refractivity (Wildman–Crippen MR) is 102 cm³/mol. The first-order valence-corrected chi connectivity index (χ1v) is 9.69. The molecule has 3 aromatic rings. The van der Waals surface area contributed by atoms with Gasteiger partial charge in [-0.15, -0.1) is 0 Å². The van der Waals surface area contributed by atoms with Gasteiger partial charge >= 0.3 is 0 Å². The number of amides is 1. The van der Waals surface area contributed by atoms with Gasteiger partial charge in [0.2, 0.25) is 0 Å². The lowest BCUT2D eigenvalue weighted by Gasteiger charge is -2.28. The first kappa shape index (κ1) is 18.1. The quantitative estimate of drug-likeness (QED) is 0.676. The van der Waals surface area contributed by atoms with Crippen LogP contribution in [0.5, 0.6) is 0 Å². The number of pyridine rings is 1. The van der Waals surface area contributed by atoms with Crippen molar-refractivity contribution >= 4 is 11.6 Å². The Morgan fingerprint density at radius 3 is 3.10 bits per heavy atom. The standard InChI is InChI=1S/C20H21FN6O2/c21-14-7-13(9-22-10-14)16-3-1-5-26(16)17-8-20(17,12-28)25-19(29)15-11-24-27-6-2-4-23-18(15)27/h2,4,6-7,9-11,16-17,28H,1,3,5,8,12H2,(H,25,29)/t16-,17-,20+/m1/s1. The Balaban J connectivity index is 1.36. The molecule has 2 aliphatic rings. The second kappa shape index (κ2) is 6.85. The van der Waals surface area contributed by atoms with Gasteiger partial charge in [0, 0.05) is 30.7 Å². The molecule has 0 aromatic carbocycles. The number of aromatic nitrogens is 4. The van der Waals surface area contributed by atoms with Gasteiger partial charge in [0.05, 0.1) is 24.5 Å². The first-order valence-electron chi connectivity index (χ1n) is 9.69. The Hall–Kier alpha value is -2.91. The first-order chi connectivity index (χ1) is 14.1. The fraction of sp³-hybridized carbons (Fsp3) is 0.400. The van der Waals surface area contributed by atoms with Crippen molar-refractivity contribution in [2.45, 2.75) is 36.9 Å². The number of nitrogens with zero attached hydrogens (tertiary/aromatic N) is 5. The van der Waals surface area contributed by atoms with Crippen LogP contribution in [-0.2, 0) is 0 Å². The third-order valence-electron chi connectivity index (χ3n) is 6.01. The lowest BCUT2D eigenvalue weighted by atomic mass is 10.1. The number of rotatable bonds is 5. The van der Waals surface area contributed by atoms with Crippen LogP contribution in [0.3, 0.4) is 0 Å². The average Bonchev–Trinajstić information content (AvgIpc) is 3.09. The highest BCUT2D eigenvalue weighted by Crippen LogP contribution is 2.47. The van der Waals surface area contributed by atoms with E-state index >= 15 is 0 Å². The van der Waals surface area contributed by atoms with Gasteiger partial charge in [-0.25, -0.2) is 13.9 Å². The summed E-state index contributed by atoms with van der Waals surface area (Å²) in [6.45, 7) is 0.669. The van der Waals surface area contributed by atoms with Crippen LogP contribution in [0.2, 0.25) is 0 Å². The summed E-state index contributed by atoms with van der Waals surface area (Å²) in [6, 6.07) is 3.28. The van der Waals surface area contributed by atoms with Crippen molar-refractivity contribution in [3.8, 4) is 0 Å². The van der Waals surface area contributed by atoms with Crippen LogP contribution in [0.25, 0.3) is 5.65 Å². The number of nitrogens with one attached hydrogen (secondary N) is 1. The molecule has 5 rings (SSSR count). The molecule has 8 nitrogen and oxygen atoms in total. The maximum absolute atomic E-state index is 13.6. The van der Waals surface area contributed by atoms with Gasteiger partial charge in [0.25, 0.3) is 5.91 Å². The minimum atomic E-state index is -0.719. The van der Waals surface area contributed by atoms with E-state index in [2.05, 4.69) is 25.3 Å². The van der Waals surface area contributed by atoms with Crippen LogP contribution in [0.4, 0.5) is 4.39 Å². The molecule has 0 spiro atoms. The minimum absolute atomic E-state index is 0.0120. The van der Waals surface area contributed by atoms with Crippen molar-refractivity contribution in [1.29, 1.82) is 0 Å². The normalized spacial score (nSPS) is 26.7. The number of hydrogen-bond acceptors (Lipinski definition) is 6. The zero-order chi connectivity index (χ0) is 20.0. The van der Waals surface area contributed by atoms with Crippen LogP contribution in [0.1, 0.15) is 41.2 Å². The number of hydrogen-bond donors (Lipinski definition) is 2. The molecule has 0 bridgehead atoms. The molecule has 0 radical (unpaired) electrons. The summed E-state index contributed by atoms with van der Waals surface area (Å²) in [5, 5.41) is 17.3. The molecule has 1 aliphatic carbocycles. The zero-order valence-electron chi connectivity index (χ0n) is 15.7. The molecule has 1 amide bonds. The Kier molecular flexibility index (Phi) is 4.29. The van der Waals surface area contributed by atoms with Crippen molar-refractivity contribution in [1.82, 2.24) is 29.8 Å². The van der Waals surface area contributed by atoms with Crippen LogP contribution < -0.4 is 5.32 Å². The molecular formula is C20H21FN6O2. The molecule has 29 heavy (non-hydrogen) atoms. The molecule has 9 heteroatoms. The molecule has 1 saturated carbocycles. The maximum atomic E-state index is 13.6. The van der Waals surface area contributed by atoms with Gasteiger partial charge in [0.1, 0.15) is 11.4 Å². The smallest absolute Gasteiger partial charge is 0.257 e. The molecule has 0 unspecified atom stereocenters. The lowest BCUT2D eigenvalue weighted by molar-refractivity contribution is 0.0881. The molecule has 3 aromatic heterocycles. The molecule has 1 saturated heterocycles. The average molecular weight is 396 g/mol. The highest BCUT2D eigenvalue weighted by molar-refractivity contribution is 6.00. The maximum Gasteiger partial charge on any atom is 0.257 e. The number of halogens is 1. The van der Waals surface area contributed by atoms with E-state index in [1.54, 1.807) is 29.2 Å². The summed E-state index contributed by atoms with van der Waals surface area (Å²) < 4.78 is 15.2. The number of aliphatic hydroxyl groups excluding tert-OH is 1. The summed E-state index contributed by atoms with van der Waals surface area (Å²) in [5.41, 5.74) is 0.958. The Bertz CT molecular complexity index is 1070. The van der Waals surface area contributed by atoms with Gasteiger partial charge in [-0.3, -0.25) is 14.7 Å².